The van der Waals surface area contributed by atoms with Crippen LogP contribution in [-0.2, 0) is 14.8 Å². The van der Waals surface area contributed by atoms with E-state index < -0.39 is 22.1 Å². The monoisotopic (exact) mass is 421 g/mol. The van der Waals surface area contributed by atoms with Gasteiger partial charge in [0.15, 0.2) is 6.10 Å². The minimum absolute atomic E-state index is 0.0143. The van der Waals surface area contributed by atoms with E-state index >= 15 is 0 Å². The Bertz CT molecular complexity index is 1090. The molecular formula is C18H19N3O5S2. The van der Waals surface area contributed by atoms with Crippen LogP contribution in [0, 0.1) is 6.92 Å². The Hall–Kier alpha value is -2.56. The molecule has 1 atom stereocenters. The quantitative estimate of drug-likeness (QED) is 0.563. The smallest absolute Gasteiger partial charge is 0.339 e. The Morgan fingerprint density at radius 1 is 1.25 bits per heavy atom. The standard InChI is InChI=1S/C18H19N3O5S2/c1-11-7-8-13(28(23,24)21(3)4)10-14(11)18(22)25-12(2)16-19-20-17(26-16)15-6-5-9-27-15/h5-10,12H,1-4H3. The predicted molar refractivity (Wildman–Crippen MR) is 103 cm³/mol. The SMILES string of the molecule is Cc1ccc(S(=O)(=O)N(C)C)cc1C(=O)OC(C)c1nnc(-c2cccs2)o1. The highest BCUT2D eigenvalue weighted by atomic mass is 32.2. The van der Waals surface area contributed by atoms with E-state index in [0.717, 1.165) is 9.18 Å². The van der Waals surface area contributed by atoms with Gasteiger partial charge in [-0.15, -0.1) is 21.5 Å². The molecule has 0 bridgehead atoms. The number of nitrogens with zero attached hydrogens (tertiary/aromatic N) is 3. The van der Waals surface area contributed by atoms with Crippen LogP contribution < -0.4 is 0 Å². The van der Waals surface area contributed by atoms with Crippen molar-refractivity contribution in [1.82, 2.24) is 14.5 Å². The molecule has 0 aliphatic heterocycles. The molecule has 0 aliphatic rings. The van der Waals surface area contributed by atoms with Gasteiger partial charge in [-0.25, -0.2) is 17.5 Å². The average molecular weight is 422 g/mol. The van der Waals surface area contributed by atoms with Gasteiger partial charge in [0.2, 0.25) is 10.0 Å². The van der Waals surface area contributed by atoms with Gasteiger partial charge >= 0.3 is 5.97 Å². The number of hydrogen-bond donors (Lipinski definition) is 0. The molecule has 0 radical (unpaired) electrons. The highest BCUT2D eigenvalue weighted by molar-refractivity contribution is 7.89. The molecule has 1 unspecified atom stereocenters. The van der Waals surface area contributed by atoms with Crippen LogP contribution in [0.4, 0.5) is 0 Å². The Balaban J connectivity index is 1.81. The van der Waals surface area contributed by atoms with Gasteiger partial charge in [0, 0.05) is 14.1 Å². The van der Waals surface area contributed by atoms with Gasteiger partial charge in [0.25, 0.3) is 11.8 Å². The largest absolute Gasteiger partial charge is 0.449 e. The Morgan fingerprint density at radius 3 is 2.64 bits per heavy atom. The highest BCUT2D eigenvalue weighted by Crippen LogP contribution is 2.27. The van der Waals surface area contributed by atoms with Gasteiger partial charge in [-0.3, -0.25) is 0 Å². The fraction of sp³-hybridized carbons (Fsp3) is 0.278. The molecule has 148 valence electrons. The van der Waals surface area contributed by atoms with Crippen molar-refractivity contribution in [2.45, 2.75) is 24.8 Å². The lowest BCUT2D eigenvalue weighted by atomic mass is 10.1. The van der Waals surface area contributed by atoms with E-state index in [4.69, 9.17) is 9.15 Å². The number of rotatable bonds is 6. The van der Waals surface area contributed by atoms with Crippen molar-refractivity contribution in [3.63, 3.8) is 0 Å². The highest BCUT2D eigenvalue weighted by Gasteiger charge is 2.24. The molecule has 8 nitrogen and oxygen atoms in total. The lowest BCUT2D eigenvalue weighted by Gasteiger charge is -2.14. The van der Waals surface area contributed by atoms with Gasteiger partial charge in [-0.2, -0.15) is 0 Å². The molecule has 28 heavy (non-hydrogen) atoms. The number of carbonyl (C=O) groups is 1. The first-order valence-corrected chi connectivity index (χ1v) is 10.6. The van der Waals surface area contributed by atoms with Crippen LogP contribution in [0.1, 0.15) is 34.8 Å². The van der Waals surface area contributed by atoms with Crippen molar-refractivity contribution < 1.29 is 22.4 Å². The number of benzene rings is 1. The van der Waals surface area contributed by atoms with Crippen molar-refractivity contribution in [3.05, 3.63) is 52.7 Å². The van der Waals surface area contributed by atoms with Crippen molar-refractivity contribution in [2.24, 2.45) is 0 Å². The van der Waals surface area contributed by atoms with E-state index in [0.29, 0.717) is 11.5 Å². The molecule has 0 saturated carbocycles. The van der Waals surface area contributed by atoms with Crippen LogP contribution in [-0.4, -0.2) is 43.0 Å². The summed E-state index contributed by atoms with van der Waals surface area (Å²) in [6.07, 6.45) is -0.790. The van der Waals surface area contributed by atoms with Crippen molar-refractivity contribution in [2.75, 3.05) is 14.1 Å². The third kappa shape index (κ3) is 3.98. The molecule has 0 aliphatic carbocycles. The zero-order valence-electron chi connectivity index (χ0n) is 15.7. The second kappa shape index (κ2) is 7.82. The normalized spacial score (nSPS) is 12.9. The third-order valence-electron chi connectivity index (χ3n) is 4.01. The van der Waals surface area contributed by atoms with Crippen molar-refractivity contribution >= 4 is 27.3 Å². The molecule has 10 heteroatoms. The van der Waals surface area contributed by atoms with E-state index in [9.17, 15) is 13.2 Å². The summed E-state index contributed by atoms with van der Waals surface area (Å²) in [4.78, 5) is 13.4. The molecule has 0 fully saturated rings. The summed E-state index contributed by atoms with van der Waals surface area (Å²) in [5, 5.41) is 9.78. The van der Waals surface area contributed by atoms with E-state index in [1.165, 1.54) is 37.6 Å². The summed E-state index contributed by atoms with van der Waals surface area (Å²) in [7, 11) is -0.813. The number of ether oxygens (including phenoxy) is 1. The minimum atomic E-state index is -3.67. The summed E-state index contributed by atoms with van der Waals surface area (Å²) in [6.45, 7) is 3.31. The van der Waals surface area contributed by atoms with Gasteiger partial charge in [0.1, 0.15) is 0 Å². The summed E-state index contributed by atoms with van der Waals surface area (Å²) in [5.41, 5.74) is 0.757. The zero-order valence-corrected chi connectivity index (χ0v) is 17.4. The molecule has 0 N–H and O–H groups in total. The van der Waals surface area contributed by atoms with E-state index in [1.807, 2.05) is 17.5 Å². The molecule has 0 saturated heterocycles. The van der Waals surface area contributed by atoms with Gasteiger partial charge < -0.3 is 9.15 Å². The fourth-order valence-corrected chi connectivity index (χ4v) is 3.94. The van der Waals surface area contributed by atoms with Gasteiger partial charge in [0.05, 0.1) is 15.3 Å². The second-order valence-electron chi connectivity index (χ2n) is 6.23. The minimum Gasteiger partial charge on any atom is -0.449 e. The molecule has 3 aromatic rings. The van der Waals surface area contributed by atoms with Crippen molar-refractivity contribution in [3.8, 4) is 10.8 Å². The number of hydrogen-bond acceptors (Lipinski definition) is 8. The zero-order chi connectivity index (χ0) is 20.5. The topological polar surface area (TPSA) is 103 Å². The molecule has 0 spiro atoms. The van der Waals surface area contributed by atoms with E-state index in [1.54, 1.807) is 19.9 Å². The maximum Gasteiger partial charge on any atom is 0.339 e. The Kier molecular flexibility index (Phi) is 5.64. The number of esters is 1. The summed E-state index contributed by atoms with van der Waals surface area (Å²) in [5.74, 6) is -0.161. The van der Waals surface area contributed by atoms with E-state index in [2.05, 4.69) is 10.2 Å². The summed E-state index contributed by atoms with van der Waals surface area (Å²) >= 11 is 1.46. The molecule has 2 heterocycles. The first kappa shape index (κ1) is 20.2. The Labute approximate surface area is 166 Å². The predicted octanol–water partition coefficient (Wildman–Crippen LogP) is 3.27. The van der Waals surface area contributed by atoms with E-state index in [-0.39, 0.29) is 16.3 Å². The summed E-state index contributed by atoms with van der Waals surface area (Å²) < 4.78 is 36.7. The van der Waals surface area contributed by atoms with Crippen molar-refractivity contribution in [1.29, 1.82) is 0 Å². The molecule has 3 rings (SSSR count). The first-order chi connectivity index (χ1) is 13.2. The molecule has 1 aromatic carbocycles. The maximum absolute atomic E-state index is 12.6. The number of aromatic nitrogens is 2. The summed E-state index contributed by atoms with van der Waals surface area (Å²) in [6, 6.07) is 8.05. The number of sulfonamides is 1. The van der Waals surface area contributed by atoms with Crippen LogP contribution in [0.25, 0.3) is 10.8 Å². The van der Waals surface area contributed by atoms with Crippen LogP contribution in [0.3, 0.4) is 0 Å². The van der Waals surface area contributed by atoms with Gasteiger partial charge in [-0.05, 0) is 43.0 Å². The van der Waals surface area contributed by atoms with Crippen LogP contribution in [0.15, 0.2) is 45.0 Å². The van der Waals surface area contributed by atoms with Crippen LogP contribution >= 0.6 is 11.3 Å². The molecule has 2 aromatic heterocycles. The lowest BCUT2D eigenvalue weighted by Crippen LogP contribution is -2.22. The average Bonchev–Trinajstić information content (AvgIpc) is 3.33. The van der Waals surface area contributed by atoms with Crippen LogP contribution in [0.5, 0.6) is 0 Å². The fourth-order valence-electron chi connectivity index (χ4n) is 2.37. The first-order valence-electron chi connectivity index (χ1n) is 8.31. The third-order valence-corrected chi connectivity index (χ3v) is 6.68. The second-order valence-corrected chi connectivity index (χ2v) is 9.33. The van der Waals surface area contributed by atoms with Gasteiger partial charge in [-0.1, -0.05) is 12.1 Å². The number of carbonyl (C=O) groups excluding carboxylic acids is 1. The number of thiophene rings is 1. The molecule has 0 amide bonds. The van der Waals surface area contributed by atoms with Crippen LogP contribution in [0.2, 0.25) is 0 Å². The Morgan fingerprint density at radius 2 is 2.00 bits per heavy atom. The molecular weight excluding hydrogens is 402 g/mol. The maximum atomic E-state index is 12.6. The number of aryl methyl sites for hydroxylation is 1. The lowest BCUT2D eigenvalue weighted by molar-refractivity contribution is 0.0278.